The van der Waals surface area contributed by atoms with E-state index in [1.165, 1.54) is 6.33 Å². The van der Waals surface area contributed by atoms with Crippen molar-refractivity contribution in [2.24, 2.45) is 0 Å². The quantitative estimate of drug-likeness (QED) is 0.795. The fourth-order valence-corrected chi connectivity index (χ4v) is 2.96. The fourth-order valence-electron chi connectivity index (χ4n) is 2.96. The molecule has 2 aliphatic rings. The number of nitrogens with one attached hydrogen (secondary N) is 2. The molecule has 1 saturated heterocycles. The van der Waals surface area contributed by atoms with Crippen LogP contribution in [0.2, 0.25) is 0 Å². The molecule has 7 heteroatoms. The van der Waals surface area contributed by atoms with Gasteiger partial charge in [-0.1, -0.05) is 0 Å². The highest BCUT2D eigenvalue weighted by Gasteiger charge is 2.24. The zero-order valence-corrected chi connectivity index (χ0v) is 12.5. The van der Waals surface area contributed by atoms with E-state index in [1.54, 1.807) is 0 Å². The summed E-state index contributed by atoms with van der Waals surface area (Å²) in [5.74, 6) is -0.165. The topological polar surface area (TPSA) is 87.2 Å². The summed E-state index contributed by atoms with van der Waals surface area (Å²) in [4.78, 5) is 34.4. The van der Waals surface area contributed by atoms with Crippen LogP contribution in [0.1, 0.15) is 30.5 Å². The van der Waals surface area contributed by atoms with Crippen LogP contribution in [0.4, 0.5) is 0 Å². The number of nitrogens with zero attached hydrogens (tertiary/aromatic N) is 3. The van der Waals surface area contributed by atoms with Crippen molar-refractivity contribution < 1.29 is 9.59 Å². The zero-order valence-electron chi connectivity index (χ0n) is 12.5. The Kier molecular flexibility index (Phi) is 4.62. The summed E-state index contributed by atoms with van der Waals surface area (Å²) in [6.07, 6.45) is 6.88. The molecule has 2 N–H and O–H groups in total. The van der Waals surface area contributed by atoms with E-state index in [4.69, 9.17) is 0 Å². The number of rotatable bonds is 3. The summed E-state index contributed by atoms with van der Waals surface area (Å²) in [5.41, 5.74) is 2.14. The van der Waals surface area contributed by atoms with Gasteiger partial charge in [0.2, 0.25) is 11.8 Å². The fraction of sp³-hybridized carbons (Fsp3) is 0.600. The number of carbonyl (C=O) groups excluding carboxylic acids is 2. The molecule has 1 atom stereocenters. The summed E-state index contributed by atoms with van der Waals surface area (Å²) < 4.78 is 0. The van der Waals surface area contributed by atoms with Gasteiger partial charge in [-0.25, -0.2) is 9.97 Å². The van der Waals surface area contributed by atoms with Gasteiger partial charge in [-0.2, -0.15) is 0 Å². The summed E-state index contributed by atoms with van der Waals surface area (Å²) in [6.45, 7) is 2.47. The molecule has 3 heterocycles. The highest BCUT2D eigenvalue weighted by Crippen LogP contribution is 2.14. The van der Waals surface area contributed by atoms with Crippen molar-refractivity contribution in [3.05, 3.63) is 23.8 Å². The van der Waals surface area contributed by atoms with Gasteiger partial charge in [0, 0.05) is 25.8 Å². The third-order valence-corrected chi connectivity index (χ3v) is 4.19. The molecule has 2 aliphatic heterocycles. The van der Waals surface area contributed by atoms with Crippen molar-refractivity contribution in [2.45, 2.75) is 38.3 Å². The molecule has 22 heavy (non-hydrogen) atoms. The third kappa shape index (κ3) is 3.59. The minimum Gasteiger partial charge on any atom is -0.354 e. The van der Waals surface area contributed by atoms with E-state index in [0.717, 1.165) is 37.1 Å². The molecule has 118 valence electrons. The molecular weight excluding hydrogens is 282 g/mol. The molecule has 7 nitrogen and oxygen atoms in total. The van der Waals surface area contributed by atoms with Crippen molar-refractivity contribution in [3.8, 4) is 0 Å². The van der Waals surface area contributed by atoms with Crippen LogP contribution in [-0.2, 0) is 22.6 Å². The minimum absolute atomic E-state index is 0.0671. The van der Waals surface area contributed by atoms with Crippen LogP contribution in [0.25, 0.3) is 0 Å². The van der Waals surface area contributed by atoms with Gasteiger partial charge in [-0.3, -0.25) is 14.5 Å². The van der Waals surface area contributed by atoms with Crippen LogP contribution in [0.5, 0.6) is 0 Å². The average molecular weight is 303 g/mol. The molecule has 0 radical (unpaired) electrons. The molecule has 0 aliphatic carbocycles. The predicted octanol–water partition coefficient (Wildman–Crippen LogP) is -0.380. The van der Waals surface area contributed by atoms with E-state index in [1.807, 2.05) is 6.20 Å². The maximum absolute atomic E-state index is 12.2. The van der Waals surface area contributed by atoms with Crippen molar-refractivity contribution in [1.82, 2.24) is 25.5 Å². The highest BCUT2D eigenvalue weighted by atomic mass is 16.2. The first-order valence-electron chi connectivity index (χ1n) is 7.79. The van der Waals surface area contributed by atoms with E-state index >= 15 is 0 Å². The molecule has 0 spiro atoms. The van der Waals surface area contributed by atoms with Gasteiger partial charge in [-0.15, -0.1) is 0 Å². The number of hydrogen-bond acceptors (Lipinski definition) is 5. The number of hydrogen-bond donors (Lipinski definition) is 2. The average Bonchev–Trinajstić information content (AvgIpc) is 2.72. The van der Waals surface area contributed by atoms with Gasteiger partial charge < -0.3 is 10.6 Å². The van der Waals surface area contributed by atoms with Crippen LogP contribution in [0, 0.1) is 0 Å². The minimum atomic E-state index is -0.394. The Morgan fingerprint density at radius 2 is 2.36 bits per heavy atom. The maximum atomic E-state index is 12.2. The van der Waals surface area contributed by atoms with Crippen LogP contribution < -0.4 is 10.6 Å². The lowest BCUT2D eigenvalue weighted by Gasteiger charge is -2.27. The molecule has 0 saturated carbocycles. The first-order valence-corrected chi connectivity index (χ1v) is 7.79. The first-order chi connectivity index (χ1) is 10.7. The van der Waals surface area contributed by atoms with Gasteiger partial charge in [0.25, 0.3) is 0 Å². The zero-order chi connectivity index (χ0) is 15.4. The Bertz CT molecular complexity index is 563. The lowest BCUT2D eigenvalue weighted by atomic mass is 10.1. The Morgan fingerprint density at radius 1 is 1.45 bits per heavy atom. The molecular formula is C15H21N5O2. The summed E-state index contributed by atoms with van der Waals surface area (Å²) in [7, 11) is 0. The number of aromatic nitrogens is 2. The van der Waals surface area contributed by atoms with Crippen molar-refractivity contribution in [3.63, 3.8) is 0 Å². The van der Waals surface area contributed by atoms with Crippen molar-refractivity contribution >= 4 is 11.8 Å². The SMILES string of the molecule is O=C(CN1CCc2cncnc2C1)N[C@@H]1CCCCNC1=O. The second-order valence-electron chi connectivity index (χ2n) is 5.86. The molecule has 3 rings (SSSR count). The predicted molar refractivity (Wildman–Crippen MR) is 79.8 cm³/mol. The Balaban J connectivity index is 1.53. The van der Waals surface area contributed by atoms with E-state index < -0.39 is 6.04 Å². The number of carbonyl (C=O) groups is 2. The smallest absolute Gasteiger partial charge is 0.242 e. The second kappa shape index (κ2) is 6.83. The van der Waals surface area contributed by atoms with E-state index in [2.05, 4.69) is 25.5 Å². The standard InChI is InChI=1S/C15H21N5O2/c21-14(19-12-3-1-2-5-17-15(12)22)9-20-6-4-11-7-16-10-18-13(11)8-20/h7,10,12H,1-6,8-9H2,(H,17,22)(H,19,21)/t12-/m1/s1. The first kappa shape index (κ1) is 14.9. The molecule has 0 unspecified atom stereocenters. The molecule has 2 amide bonds. The molecule has 1 fully saturated rings. The van der Waals surface area contributed by atoms with Gasteiger partial charge >= 0.3 is 0 Å². The van der Waals surface area contributed by atoms with Crippen LogP contribution >= 0.6 is 0 Å². The Hall–Kier alpha value is -2.02. The van der Waals surface area contributed by atoms with Gasteiger partial charge in [0.05, 0.1) is 12.2 Å². The lowest BCUT2D eigenvalue weighted by Crippen LogP contribution is -2.49. The van der Waals surface area contributed by atoms with Crippen LogP contribution in [0.15, 0.2) is 12.5 Å². The summed E-state index contributed by atoms with van der Waals surface area (Å²) in [6, 6.07) is -0.394. The van der Waals surface area contributed by atoms with E-state index in [0.29, 0.717) is 26.1 Å². The molecule has 0 bridgehead atoms. The van der Waals surface area contributed by atoms with Gasteiger partial charge in [0.1, 0.15) is 12.4 Å². The van der Waals surface area contributed by atoms with Crippen molar-refractivity contribution in [1.29, 1.82) is 0 Å². The normalized spacial score (nSPS) is 22.4. The highest BCUT2D eigenvalue weighted by molar-refractivity contribution is 5.88. The van der Waals surface area contributed by atoms with E-state index in [9.17, 15) is 9.59 Å². The monoisotopic (exact) mass is 303 g/mol. The number of fused-ring (bicyclic) bond motifs is 1. The van der Waals surface area contributed by atoms with Gasteiger partial charge in [-0.05, 0) is 31.2 Å². The molecule has 1 aromatic rings. The second-order valence-corrected chi connectivity index (χ2v) is 5.86. The van der Waals surface area contributed by atoms with Gasteiger partial charge in [0.15, 0.2) is 0 Å². The maximum Gasteiger partial charge on any atom is 0.242 e. The Morgan fingerprint density at radius 3 is 3.27 bits per heavy atom. The summed E-state index contributed by atoms with van der Waals surface area (Å²) in [5, 5.41) is 5.69. The molecule has 1 aromatic heterocycles. The Labute approximate surface area is 129 Å². The summed E-state index contributed by atoms with van der Waals surface area (Å²) >= 11 is 0. The third-order valence-electron chi connectivity index (χ3n) is 4.19. The van der Waals surface area contributed by atoms with Crippen LogP contribution in [-0.4, -0.2) is 52.4 Å². The lowest BCUT2D eigenvalue weighted by molar-refractivity contribution is -0.129. The number of amides is 2. The van der Waals surface area contributed by atoms with Crippen LogP contribution in [0.3, 0.4) is 0 Å². The van der Waals surface area contributed by atoms with E-state index in [-0.39, 0.29) is 11.8 Å². The molecule has 0 aromatic carbocycles. The van der Waals surface area contributed by atoms with Crippen molar-refractivity contribution in [2.75, 3.05) is 19.6 Å². The largest absolute Gasteiger partial charge is 0.354 e.